The molecule has 0 unspecified atom stereocenters. The normalized spacial score (nSPS) is 10.8. The highest BCUT2D eigenvalue weighted by atomic mass is 79.9. The zero-order valence-corrected chi connectivity index (χ0v) is 16.2. The number of hydrogen-bond acceptors (Lipinski definition) is 4. The van der Waals surface area contributed by atoms with Crippen molar-refractivity contribution in [1.29, 1.82) is 0 Å². The first-order chi connectivity index (χ1) is 10.6. The van der Waals surface area contributed by atoms with Crippen LogP contribution in [0.4, 0.5) is 5.69 Å². The number of nitrogens with zero attached hydrogens (tertiary/aromatic N) is 3. The molecule has 3 rings (SSSR count). The molecular weight excluding hydrogens is 370 g/mol. The number of thiophene rings is 1. The molecule has 0 saturated heterocycles. The van der Waals surface area contributed by atoms with Gasteiger partial charge in [0.05, 0.1) is 16.1 Å². The van der Waals surface area contributed by atoms with Crippen molar-refractivity contribution < 1.29 is 0 Å². The summed E-state index contributed by atoms with van der Waals surface area (Å²) in [7, 11) is 6.37. The Morgan fingerprint density at radius 1 is 1.00 bits per heavy atom. The maximum absolute atomic E-state index is 4.83. The minimum Gasteiger partial charge on any atom is -0.373 e. The van der Waals surface area contributed by atoms with E-state index >= 15 is 0 Å². The zero-order chi connectivity index (χ0) is 15.5. The summed E-state index contributed by atoms with van der Waals surface area (Å²) in [6.45, 7) is 2.02. The van der Waals surface area contributed by atoms with Gasteiger partial charge in [-0.1, -0.05) is 24.3 Å². The standard InChI is InChI=1S/C18H21N3S.BrH/c1-20(2)10-11-21(3)17-13-16(18-9-6-12-22-18)19-15-8-5-4-7-14(15)17;/h4-9,12-13H,10-11H2,1-3H3;1H. The van der Waals surface area contributed by atoms with Gasteiger partial charge in [-0.3, -0.25) is 0 Å². The molecule has 2 aromatic heterocycles. The van der Waals surface area contributed by atoms with Crippen molar-refractivity contribution in [3.05, 3.63) is 47.8 Å². The number of rotatable bonds is 5. The Morgan fingerprint density at radius 3 is 2.48 bits per heavy atom. The fourth-order valence-corrected chi connectivity index (χ4v) is 3.18. The van der Waals surface area contributed by atoms with Crippen LogP contribution in [0.1, 0.15) is 0 Å². The molecule has 0 N–H and O–H groups in total. The average Bonchev–Trinajstić information content (AvgIpc) is 3.06. The summed E-state index contributed by atoms with van der Waals surface area (Å²) < 4.78 is 0. The number of halogens is 1. The topological polar surface area (TPSA) is 19.4 Å². The van der Waals surface area contributed by atoms with Crippen LogP contribution >= 0.6 is 28.3 Å². The summed E-state index contributed by atoms with van der Waals surface area (Å²) in [6, 6.07) is 14.8. The second kappa shape index (κ2) is 7.90. The van der Waals surface area contributed by atoms with Crippen LogP contribution in [0.5, 0.6) is 0 Å². The second-order valence-corrected chi connectivity index (χ2v) is 6.69. The molecule has 3 aromatic rings. The number of likely N-dealkylation sites (N-methyl/N-ethyl adjacent to an activating group) is 2. The minimum atomic E-state index is 0. The van der Waals surface area contributed by atoms with Crippen LogP contribution in [0.3, 0.4) is 0 Å². The lowest BCUT2D eigenvalue weighted by Crippen LogP contribution is -2.28. The third-order valence-electron chi connectivity index (χ3n) is 3.76. The van der Waals surface area contributed by atoms with Crippen molar-refractivity contribution in [2.24, 2.45) is 0 Å². The molecule has 3 nitrogen and oxygen atoms in total. The highest BCUT2D eigenvalue weighted by Gasteiger charge is 2.11. The molecule has 0 bridgehead atoms. The summed E-state index contributed by atoms with van der Waals surface area (Å²) in [5.41, 5.74) is 3.36. The quantitative estimate of drug-likeness (QED) is 0.636. The lowest BCUT2D eigenvalue weighted by atomic mass is 10.1. The molecule has 0 aliphatic carbocycles. The maximum atomic E-state index is 4.83. The van der Waals surface area contributed by atoms with E-state index in [1.807, 2.05) is 0 Å². The molecule has 23 heavy (non-hydrogen) atoms. The molecule has 0 saturated carbocycles. The maximum Gasteiger partial charge on any atom is 0.0830 e. The number of aromatic nitrogens is 1. The predicted molar refractivity (Wildman–Crippen MR) is 107 cm³/mol. The van der Waals surface area contributed by atoms with E-state index in [1.54, 1.807) is 11.3 Å². The van der Waals surface area contributed by atoms with Crippen LogP contribution in [0, 0.1) is 0 Å². The number of anilines is 1. The summed E-state index contributed by atoms with van der Waals surface area (Å²) in [5, 5.41) is 3.31. The number of pyridine rings is 1. The van der Waals surface area contributed by atoms with Gasteiger partial charge in [0.15, 0.2) is 0 Å². The van der Waals surface area contributed by atoms with Crippen molar-refractivity contribution in [2.45, 2.75) is 0 Å². The second-order valence-electron chi connectivity index (χ2n) is 5.75. The van der Waals surface area contributed by atoms with Crippen LogP contribution in [-0.2, 0) is 0 Å². The van der Waals surface area contributed by atoms with Crippen LogP contribution in [-0.4, -0.2) is 44.1 Å². The molecule has 122 valence electrons. The molecule has 0 radical (unpaired) electrons. The van der Waals surface area contributed by atoms with Crippen molar-refractivity contribution in [1.82, 2.24) is 9.88 Å². The van der Waals surface area contributed by atoms with Crippen molar-refractivity contribution in [3.63, 3.8) is 0 Å². The van der Waals surface area contributed by atoms with Crippen LogP contribution < -0.4 is 4.90 Å². The Hall–Kier alpha value is -1.43. The Labute approximate surface area is 152 Å². The van der Waals surface area contributed by atoms with Crippen molar-refractivity contribution in [2.75, 3.05) is 39.1 Å². The van der Waals surface area contributed by atoms with E-state index in [9.17, 15) is 0 Å². The molecule has 0 amide bonds. The van der Waals surface area contributed by atoms with E-state index in [-0.39, 0.29) is 17.0 Å². The molecule has 0 fully saturated rings. The van der Waals surface area contributed by atoms with E-state index in [0.717, 1.165) is 24.3 Å². The summed E-state index contributed by atoms with van der Waals surface area (Å²) in [5.74, 6) is 0. The summed E-state index contributed by atoms with van der Waals surface area (Å²) in [4.78, 5) is 10.6. The molecule has 2 heterocycles. The molecule has 0 spiro atoms. The minimum absolute atomic E-state index is 0. The van der Waals surface area contributed by atoms with Crippen LogP contribution in [0.25, 0.3) is 21.5 Å². The first kappa shape index (κ1) is 17.9. The number of fused-ring (bicyclic) bond motifs is 1. The summed E-state index contributed by atoms with van der Waals surface area (Å²) in [6.07, 6.45) is 0. The fraction of sp³-hybridized carbons (Fsp3) is 0.278. The summed E-state index contributed by atoms with van der Waals surface area (Å²) >= 11 is 1.73. The van der Waals surface area contributed by atoms with Gasteiger partial charge in [0.2, 0.25) is 0 Å². The fourth-order valence-electron chi connectivity index (χ4n) is 2.49. The van der Waals surface area contributed by atoms with Crippen molar-refractivity contribution >= 4 is 44.9 Å². The Bertz CT molecular complexity index is 756. The third kappa shape index (κ3) is 4.10. The largest absolute Gasteiger partial charge is 0.373 e. The monoisotopic (exact) mass is 391 g/mol. The Balaban J connectivity index is 0.00000192. The molecule has 0 aliphatic rings. The number of hydrogen-bond donors (Lipinski definition) is 0. The van der Waals surface area contributed by atoms with Gasteiger partial charge in [-0.2, -0.15) is 0 Å². The third-order valence-corrected chi connectivity index (χ3v) is 4.65. The highest BCUT2D eigenvalue weighted by Crippen LogP contribution is 2.32. The Morgan fingerprint density at radius 2 is 1.78 bits per heavy atom. The van der Waals surface area contributed by atoms with Gasteiger partial charge in [0, 0.05) is 31.2 Å². The van der Waals surface area contributed by atoms with Gasteiger partial charge in [-0.25, -0.2) is 4.98 Å². The molecular formula is C18H22BrN3S. The number of benzene rings is 1. The smallest absolute Gasteiger partial charge is 0.0830 e. The highest BCUT2D eigenvalue weighted by molar-refractivity contribution is 8.93. The van der Waals surface area contributed by atoms with Crippen LogP contribution in [0.15, 0.2) is 47.8 Å². The van der Waals surface area contributed by atoms with Gasteiger partial charge < -0.3 is 9.80 Å². The van der Waals surface area contributed by atoms with E-state index in [0.29, 0.717) is 0 Å². The Kier molecular flexibility index (Phi) is 6.16. The molecule has 5 heteroatoms. The van der Waals surface area contributed by atoms with Crippen LogP contribution in [0.2, 0.25) is 0 Å². The van der Waals surface area contributed by atoms with Gasteiger partial charge in [0.1, 0.15) is 0 Å². The lowest BCUT2D eigenvalue weighted by Gasteiger charge is -2.23. The SMILES string of the molecule is Br.CN(C)CCN(C)c1cc(-c2cccs2)nc2ccccc12. The first-order valence-corrected chi connectivity index (χ1v) is 8.32. The van der Waals surface area contributed by atoms with Gasteiger partial charge in [-0.05, 0) is 37.7 Å². The molecule has 0 atom stereocenters. The van der Waals surface area contributed by atoms with Crippen molar-refractivity contribution in [3.8, 4) is 10.6 Å². The van der Waals surface area contributed by atoms with E-state index in [4.69, 9.17) is 4.98 Å². The average molecular weight is 392 g/mol. The van der Waals surface area contributed by atoms with E-state index in [1.165, 1.54) is 16.0 Å². The van der Waals surface area contributed by atoms with Gasteiger partial charge in [-0.15, -0.1) is 28.3 Å². The molecule has 0 aliphatic heterocycles. The first-order valence-electron chi connectivity index (χ1n) is 7.44. The molecule has 1 aromatic carbocycles. The zero-order valence-electron chi connectivity index (χ0n) is 13.7. The lowest BCUT2D eigenvalue weighted by molar-refractivity contribution is 0.416. The van der Waals surface area contributed by atoms with Gasteiger partial charge in [0.25, 0.3) is 0 Å². The van der Waals surface area contributed by atoms with Gasteiger partial charge >= 0.3 is 0 Å². The number of para-hydroxylation sites is 1. The van der Waals surface area contributed by atoms with E-state index < -0.39 is 0 Å². The predicted octanol–water partition coefficient (Wildman–Crippen LogP) is 4.54. The van der Waals surface area contributed by atoms with E-state index in [2.05, 4.69) is 78.8 Å².